The Balaban J connectivity index is 1.66. The van der Waals surface area contributed by atoms with E-state index in [1.807, 2.05) is 0 Å². The molecule has 122 valence electrons. The van der Waals surface area contributed by atoms with Crippen molar-refractivity contribution < 1.29 is 0 Å². The third kappa shape index (κ3) is 2.77. The van der Waals surface area contributed by atoms with Crippen molar-refractivity contribution in [1.29, 1.82) is 0 Å². The predicted octanol–water partition coefficient (Wildman–Crippen LogP) is -0.0694. The fourth-order valence-electron chi connectivity index (χ4n) is 3.64. The Morgan fingerprint density at radius 2 is 1.82 bits per heavy atom. The monoisotopic (exact) mass is 306 g/mol. The van der Waals surface area contributed by atoms with Gasteiger partial charge in [0.2, 0.25) is 0 Å². The van der Waals surface area contributed by atoms with E-state index in [1.165, 1.54) is 12.8 Å². The normalized spacial score (nSPS) is 24.3. The molecule has 6 heteroatoms. The highest BCUT2D eigenvalue weighted by molar-refractivity contribution is 5.75. The molecular formula is C16H26N4O2. The van der Waals surface area contributed by atoms with Crippen LogP contribution in [0.2, 0.25) is 0 Å². The number of piperazine rings is 1. The zero-order chi connectivity index (χ0) is 15.7. The summed E-state index contributed by atoms with van der Waals surface area (Å²) in [5.41, 5.74) is 0.525. The lowest BCUT2D eigenvalue weighted by molar-refractivity contribution is 0.277. The molecule has 1 aromatic rings. The highest BCUT2D eigenvalue weighted by Gasteiger charge is 2.29. The molecule has 2 saturated heterocycles. The van der Waals surface area contributed by atoms with E-state index in [4.69, 9.17) is 0 Å². The standard InChI is InChI=1S/C16H26N4O2/c1-3-19-6-4-5-12(19)11-17-13-14(16(22)15(13)21)20-9-7-18(2)8-10-20/h12,17H,3-11H2,1-2H3/t12-/m1/s1. The molecule has 1 aromatic carbocycles. The van der Waals surface area contributed by atoms with Crippen LogP contribution < -0.4 is 21.1 Å². The second kappa shape index (κ2) is 6.38. The van der Waals surface area contributed by atoms with Gasteiger partial charge in [0.1, 0.15) is 11.4 Å². The predicted molar refractivity (Wildman–Crippen MR) is 89.8 cm³/mol. The van der Waals surface area contributed by atoms with Gasteiger partial charge in [-0.2, -0.15) is 0 Å². The smallest absolute Gasteiger partial charge is 0.253 e. The van der Waals surface area contributed by atoms with Crippen LogP contribution in [0.4, 0.5) is 11.4 Å². The van der Waals surface area contributed by atoms with Crippen LogP contribution in [0.1, 0.15) is 19.8 Å². The summed E-state index contributed by atoms with van der Waals surface area (Å²) in [5.74, 6) is 0. The minimum atomic E-state index is -0.338. The van der Waals surface area contributed by atoms with Crippen molar-refractivity contribution in [3.63, 3.8) is 0 Å². The Hall–Kier alpha value is -1.40. The molecule has 0 spiro atoms. The fourth-order valence-corrected chi connectivity index (χ4v) is 3.64. The Labute approximate surface area is 131 Å². The molecule has 6 nitrogen and oxygen atoms in total. The minimum Gasteiger partial charge on any atom is -0.378 e. The number of anilines is 2. The number of hydrogen-bond donors (Lipinski definition) is 1. The number of likely N-dealkylation sites (tertiary alicyclic amines) is 1. The summed E-state index contributed by atoms with van der Waals surface area (Å²) in [6.07, 6.45) is 2.39. The molecule has 22 heavy (non-hydrogen) atoms. The number of rotatable bonds is 5. The molecule has 0 radical (unpaired) electrons. The largest absolute Gasteiger partial charge is 0.378 e. The molecule has 0 aliphatic carbocycles. The zero-order valence-electron chi connectivity index (χ0n) is 13.6. The van der Waals surface area contributed by atoms with Crippen molar-refractivity contribution in [3.8, 4) is 0 Å². The van der Waals surface area contributed by atoms with Crippen molar-refractivity contribution in [2.75, 3.05) is 63.1 Å². The second-order valence-electron chi connectivity index (χ2n) is 6.48. The Morgan fingerprint density at radius 1 is 1.09 bits per heavy atom. The topological polar surface area (TPSA) is 55.9 Å². The maximum Gasteiger partial charge on any atom is 0.253 e. The van der Waals surface area contributed by atoms with E-state index in [2.05, 4.69) is 34.0 Å². The number of nitrogens with one attached hydrogen (secondary N) is 1. The summed E-state index contributed by atoms with van der Waals surface area (Å²) in [6, 6.07) is 0.481. The lowest BCUT2D eigenvalue weighted by Gasteiger charge is -2.35. The van der Waals surface area contributed by atoms with Gasteiger partial charge in [-0.05, 0) is 33.0 Å². The molecule has 0 amide bonds. The van der Waals surface area contributed by atoms with E-state index < -0.39 is 0 Å². The van der Waals surface area contributed by atoms with Gasteiger partial charge < -0.3 is 15.1 Å². The molecule has 1 N–H and O–H groups in total. The van der Waals surface area contributed by atoms with E-state index in [0.29, 0.717) is 17.4 Å². The molecule has 0 saturated carbocycles. The van der Waals surface area contributed by atoms with E-state index in [-0.39, 0.29) is 10.9 Å². The van der Waals surface area contributed by atoms with Gasteiger partial charge >= 0.3 is 0 Å². The summed E-state index contributed by atoms with van der Waals surface area (Å²) in [7, 11) is 2.08. The van der Waals surface area contributed by atoms with Gasteiger partial charge in [-0.15, -0.1) is 0 Å². The number of hydrogen-bond acceptors (Lipinski definition) is 6. The number of likely N-dealkylation sites (N-methyl/N-ethyl adjacent to an activating group) is 2. The van der Waals surface area contributed by atoms with E-state index in [9.17, 15) is 9.59 Å². The SMILES string of the molecule is CCN1CCC[C@@H]1CNc1c(N2CCN(C)CC2)c(=O)c1=O. The summed E-state index contributed by atoms with van der Waals surface area (Å²) in [6.45, 7) is 8.63. The molecule has 2 fully saturated rings. The molecule has 2 aliphatic rings. The second-order valence-corrected chi connectivity index (χ2v) is 6.48. The molecule has 0 aromatic heterocycles. The molecule has 3 rings (SSSR count). The van der Waals surface area contributed by atoms with Gasteiger partial charge in [0.25, 0.3) is 10.9 Å². The average Bonchev–Trinajstić information content (AvgIpc) is 2.99. The molecular weight excluding hydrogens is 280 g/mol. The van der Waals surface area contributed by atoms with E-state index in [1.54, 1.807) is 0 Å². The van der Waals surface area contributed by atoms with Gasteiger partial charge in [-0.1, -0.05) is 6.92 Å². The van der Waals surface area contributed by atoms with Crippen LogP contribution in [-0.4, -0.2) is 68.7 Å². The first-order chi connectivity index (χ1) is 10.6. The summed E-state index contributed by atoms with van der Waals surface area (Å²) in [5, 5.41) is 3.28. The van der Waals surface area contributed by atoms with Crippen LogP contribution in [0.3, 0.4) is 0 Å². The summed E-state index contributed by atoms with van der Waals surface area (Å²) < 4.78 is 0. The zero-order valence-corrected chi connectivity index (χ0v) is 13.6. The Morgan fingerprint density at radius 3 is 2.50 bits per heavy atom. The van der Waals surface area contributed by atoms with Crippen LogP contribution >= 0.6 is 0 Å². The molecule has 1 atom stereocenters. The molecule has 2 aliphatic heterocycles. The molecule has 0 bridgehead atoms. The highest BCUT2D eigenvalue weighted by atomic mass is 16.2. The third-order valence-corrected chi connectivity index (χ3v) is 5.12. The van der Waals surface area contributed by atoms with Crippen LogP contribution in [0, 0.1) is 0 Å². The van der Waals surface area contributed by atoms with Gasteiger partial charge in [0.15, 0.2) is 0 Å². The van der Waals surface area contributed by atoms with E-state index in [0.717, 1.165) is 45.8 Å². The van der Waals surface area contributed by atoms with Gasteiger partial charge in [-0.3, -0.25) is 14.5 Å². The minimum absolute atomic E-state index is 0.314. The quantitative estimate of drug-likeness (QED) is 0.769. The van der Waals surface area contributed by atoms with Crippen molar-refractivity contribution in [2.45, 2.75) is 25.8 Å². The Bertz CT molecular complexity index is 585. The number of nitrogens with zero attached hydrogens (tertiary/aromatic N) is 3. The van der Waals surface area contributed by atoms with Gasteiger partial charge in [0, 0.05) is 38.8 Å². The van der Waals surface area contributed by atoms with Crippen LogP contribution in [0.15, 0.2) is 9.59 Å². The fraction of sp³-hybridized carbons (Fsp3) is 0.750. The average molecular weight is 306 g/mol. The van der Waals surface area contributed by atoms with Crippen molar-refractivity contribution in [2.24, 2.45) is 0 Å². The van der Waals surface area contributed by atoms with Crippen molar-refractivity contribution in [1.82, 2.24) is 9.80 Å². The van der Waals surface area contributed by atoms with Crippen LogP contribution in [0.25, 0.3) is 0 Å². The first-order valence-electron chi connectivity index (χ1n) is 8.36. The van der Waals surface area contributed by atoms with Crippen molar-refractivity contribution >= 4 is 11.4 Å². The first-order valence-corrected chi connectivity index (χ1v) is 8.36. The molecule has 2 heterocycles. The van der Waals surface area contributed by atoms with Gasteiger partial charge in [-0.25, -0.2) is 0 Å². The maximum absolute atomic E-state index is 12.0. The summed E-state index contributed by atoms with van der Waals surface area (Å²) >= 11 is 0. The highest BCUT2D eigenvalue weighted by Crippen LogP contribution is 2.23. The van der Waals surface area contributed by atoms with Crippen LogP contribution in [0.5, 0.6) is 0 Å². The van der Waals surface area contributed by atoms with Crippen molar-refractivity contribution in [3.05, 3.63) is 20.4 Å². The first kappa shape index (κ1) is 15.5. The maximum atomic E-state index is 12.0. The molecule has 0 unspecified atom stereocenters. The van der Waals surface area contributed by atoms with Gasteiger partial charge in [0.05, 0.1) is 0 Å². The van der Waals surface area contributed by atoms with E-state index >= 15 is 0 Å². The lowest BCUT2D eigenvalue weighted by atomic mass is 10.1. The Kier molecular flexibility index (Phi) is 4.49. The van der Waals surface area contributed by atoms with Crippen LogP contribution in [-0.2, 0) is 0 Å². The third-order valence-electron chi connectivity index (χ3n) is 5.12. The lowest BCUT2D eigenvalue weighted by Crippen LogP contribution is -2.51. The summed E-state index contributed by atoms with van der Waals surface area (Å²) in [4.78, 5) is 30.6.